The molecule has 106 valence electrons. The van der Waals surface area contributed by atoms with Gasteiger partial charge in [-0.2, -0.15) is 10.3 Å². The molecular weight excluding hydrogens is 260 g/mol. The second-order valence-corrected chi connectivity index (χ2v) is 5.70. The van der Waals surface area contributed by atoms with Gasteiger partial charge in [0.2, 0.25) is 0 Å². The Hall–Kier alpha value is -2.15. The highest BCUT2D eigenvalue weighted by molar-refractivity contribution is 5.40. The molecule has 1 aliphatic heterocycles. The van der Waals surface area contributed by atoms with Crippen LogP contribution in [0.1, 0.15) is 24.5 Å². The molecule has 3 heteroatoms. The van der Waals surface area contributed by atoms with Gasteiger partial charge < -0.3 is 0 Å². The van der Waals surface area contributed by atoms with Crippen molar-refractivity contribution in [2.45, 2.75) is 24.5 Å². The van der Waals surface area contributed by atoms with Gasteiger partial charge in [-0.1, -0.05) is 60.7 Å². The lowest BCUT2D eigenvalue weighted by atomic mass is 9.76. The third-order valence-electron chi connectivity index (χ3n) is 4.21. The molecule has 0 amide bonds. The number of hydrogen-bond acceptors (Lipinski definition) is 3. The van der Waals surface area contributed by atoms with Crippen molar-refractivity contribution >= 4 is 0 Å². The first-order chi connectivity index (χ1) is 10.1. The molecule has 1 fully saturated rings. The van der Waals surface area contributed by atoms with E-state index >= 15 is 0 Å². The Morgan fingerprint density at radius 2 is 1.48 bits per heavy atom. The van der Waals surface area contributed by atoms with E-state index in [1.54, 1.807) is 0 Å². The first-order valence-corrected chi connectivity index (χ1v) is 7.06. The average molecular weight is 278 g/mol. The average Bonchev–Trinajstić information content (AvgIpc) is 2.82. The normalized spacial score (nSPS) is 24.6. The Morgan fingerprint density at radius 3 is 1.86 bits per heavy atom. The molecule has 1 atom stereocenters. The number of rotatable bonds is 2. The van der Waals surface area contributed by atoms with Crippen LogP contribution in [-0.2, 0) is 10.4 Å². The van der Waals surface area contributed by atoms with E-state index < -0.39 is 11.1 Å². The van der Waals surface area contributed by atoms with Gasteiger partial charge in [0.05, 0.1) is 11.6 Å². The summed E-state index contributed by atoms with van der Waals surface area (Å²) in [7, 11) is 1.91. The van der Waals surface area contributed by atoms with Crippen LogP contribution in [0.2, 0.25) is 0 Å². The highest BCUT2D eigenvalue weighted by Crippen LogP contribution is 2.48. The summed E-state index contributed by atoms with van der Waals surface area (Å²) in [5.41, 5.74) is 1.02. The number of nitrogens with zero attached hydrogens (tertiary/aromatic N) is 2. The van der Waals surface area contributed by atoms with Crippen LogP contribution in [-0.4, -0.2) is 17.7 Å². The highest BCUT2D eigenvalue weighted by Gasteiger charge is 2.53. The van der Waals surface area contributed by atoms with Crippen LogP contribution in [0.25, 0.3) is 0 Å². The van der Waals surface area contributed by atoms with Crippen molar-refractivity contribution in [3.8, 4) is 6.07 Å². The number of nitriles is 1. The molecular formula is C18H18N2O. The lowest BCUT2D eigenvalue weighted by Crippen LogP contribution is -2.38. The summed E-state index contributed by atoms with van der Waals surface area (Å²) in [6.07, 6.45) is 0.598. The summed E-state index contributed by atoms with van der Waals surface area (Å²) in [6, 6.07) is 22.8. The molecule has 0 N–H and O–H groups in total. The van der Waals surface area contributed by atoms with Gasteiger partial charge in [-0.05, 0) is 18.1 Å². The Labute approximate surface area is 125 Å². The summed E-state index contributed by atoms with van der Waals surface area (Å²) in [5, 5.41) is 11.3. The topological polar surface area (TPSA) is 36.3 Å². The van der Waals surface area contributed by atoms with E-state index in [2.05, 4.69) is 30.3 Å². The van der Waals surface area contributed by atoms with Gasteiger partial charge in [0.1, 0.15) is 0 Å². The van der Waals surface area contributed by atoms with Crippen LogP contribution in [0.15, 0.2) is 60.7 Å². The third-order valence-corrected chi connectivity index (χ3v) is 4.21. The van der Waals surface area contributed by atoms with Crippen LogP contribution in [0.5, 0.6) is 0 Å². The summed E-state index contributed by atoms with van der Waals surface area (Å²) in [5.74, 6) is 0. The Balaban J connectivity index is 2.21. The van der Waals surface area contributed by atoms with Gasteiger partial charge in [0, 0.05) is 13.5 Å². The zero-order chi connectivity index (χ0) is 14.9. The van der Waals surface area contributed by atoms with Crippen molar-refractivity contribution in [2.75, 3.05) is 7.05 Å². The highest BCUT2D eigenvalue weighted by atomic mass is 16.7. The van der Waals surface area contributed by atoms with Crippen LogP contribution >= 0.6 is 0 Å². The fraction of sp³-hybridized carbons (Fsp3) is 0.278. The van der Waals surface area contributed by atoms with Crippen molar-refractivity contribution in [3.05, 3.63) is 71.8 Å². The molecule has 1 saturated heterocycles. The molecule has 1 aliphatic rings. The van der Waals surface area contributed by atoms with E-state index in [0.717, 1.165) is 11.1 Å². The van der Waals surface area contributed by atoms with Crippen LogP contribution in [0, 0.1) is 11.3 Å². The molecule has 1 heterocycles. The molecule has 0 radical (unpaired) electrons. The Morgan fingerprint density at radius 1 is 1.00 bits per heavy atom. The fourth-order valence-electron chi connectivity index (χ4n) is 3.23. The fourth-order valence-corrected chi connectivity index (χ4v) is 3.23. The monoisotopic (exact) mass is 278 g/mol. The molecule has 1 unspecified atom stereocenters. The zero-order valence-electron chi connectivity index (χ0n) is 12.3. The van der Waals surface area contributed by atoms with Crippen molar-refractivity contribution in [1.29, 1.82) is 5.26 Å². The summed E-state index contributed by atoms with van der Waals surface area (Å²) < 4.78 is 0. The minimum absolute atomic E-state index is 0.437. The standard InChI is InChI=1S/C18H18N2O/c1-17(14-19)13-18(20(2)21-17,15-9-5-3-6-10-15)16-11-7-4-8-12-16/h3-12H,13H2,1-2H3. The SMILES string of the molecule is CN1OC(C)(C#N)CC1(c1ccccc1)c1ccccc1. The van der Waals surface area contributed by atoms with E-state index in [9.17, 15) is 5.26 Å². The second-order valence-electron chi connectivity index (χ2n) is 5.70. The van der Waals surface area contributed by atoms with Crippen LogP contribution < -0.4 is 0 Å². The Kier molecular flexibility index (Phi) is 3.29. The smallest absolute Gasteiger partial charge is 0.175 e. The van der Waals surface area contributed by atoms with Crippen LogP contribution in [0.3, 0.4) is 0 Å². The molecule has 0 aromatic heterocycles. The molecule has 3 rings (SSSR count). The maximum Gasteiger partial charge on any atom is 0.175 e. The van der Waals surface area contributed by atoms with E-state index in [1.165, 1.54) is 0 Å². The summed E-state index contributed by atoms with van der Waals surface area (Å²) in [4.78, 5) is 5.89. The molecule has 21 heavy (non-hydrogen) atoms. The molecule has 2 aromatic carbocycles. The molecule has 2 aromatic rings. The maximum absolute atomic E-state index is 9.47. The maximum atomic E-state index is 9.47. The molecule has 0 spiro atoms. The van der Waals surface area contributed by atoms with Crippen molar-refractivity contribution < 1.29 is 4.84 Å². The molecule has 0 saturated carbocycles. The minimum Gasteiger partial charge on any atom is -0.276 e. The van der Waals surface area contributed by atoms with Crippen molar-refractivity contribution in [2.24, 2.45) is 0 Å². The largest absolute Gasteiger partial charge is 0.276 e. The van der Waals surface area contributed by atoms with E-state index in [4.69, 9.17) is 4.84 Å². The van der Waals surface area contributed by atoms with Gasteiger partial charge in [-0.15, -0.1) is 0 Å². The second kappa shape index (κ2) is 5.00. The Bertz CT molecular complexity index is 623. The predicted octanol–water partition coefficient (Wildman–Crippen LogP) is 3.48. The first kappa shape index (κ1) is 13.8. The van der Waals surface area contributed by atoms with E-state index in [1.807, 2.05) is 55.4 Å². The van der Waals surface area contributed by atoms with E-state index in [-0.39, 0.29) is 0 Å². The summed E-state index contributed by atoms with van der Waals surface area (Å²) >= 11 is 0. The van der Waals surface area contributed by atoms with Gasteiger partial charge in [-0.3, -0.25) is 4.84 Å². The minimum atomic E-state index is -0.819. The number of hydroxylamine groups is 2. The number of benzene rings is 2. The molecule has 0 aliphatic carbocycles. The van der Waals surface area contributed by atoms with Gasteiger partial charge in [0.15, 0.2) is 5.60 Å². The lowest BCUT2D eigenvalue weighted by molar-refractivity contribution is -0.179. The number of hydrogen-bond donors (Lipinski definition) is 0. The van der Waals surface area contributed by atoms with Gasteiger partial charge in [0.25, 0.3) is 0 Å². The van der Waals surface area contributed by atoms with Crippen molar-refractivity contribution in [1.82, 2.24) is 5.06 Å². The summed E-state index contributed by atoms with van der Waals surface area (Å²) in [6.45, 7) is 1.84. The van der Waals surface area contributed by atoms with Crippen molar-refractivity contribution in [3.63, 3.8) is 0 Å². The molecule has 3 nitrogen and oxygen atoms in total. The van der Waals surface area contributed by atoms with Gasteiger partial charge in [-0.25, -0.2) is 0 Å². The first-order valence-electron chi connectivity index (χ1n) is 7.06. The predicted molar refractivity (Wildman–Crippen MR) is 81.1 cm³/mol. The van der Waals surface area contributed by atoms with E-state index in [0.29, 0.717) is 6.42 Å². The van der Waals surface area contributed by atoms with Crippen LogP contribution in [0.4, 0.5) is 0 Å². The third kappa shape index (κ3) is 2.13. The lowest BCUT2D eigenvalue weighted by Gasteiger charge is -2.35. The molecule has 0 bridgehead atoms. The van der Waals surface area contributed by atoms with Gasteiger partial charge >= 0.3 is 0 Å². The quantitative estimate of drug-likeness (QED) is 0.843. The zero-order valence-corrected chi connectivity index (χ0v) is 12.3.